The zero-order valence-corrected chi connectivity index (χ0v) is 13.0. The summed E-state index contributed by atoms with van der Waals surface area (Å²) in [7, 11) is 0. The molecular formula is C16H7BrF2N4. The minimum absolute atomic E-state index is 0.0438. The SMILES string of the molecule is N#Cc1c(Br)c2c(c(-c3ccccc3)c1C#N)N=C(F)C(F)N2. The maximum absolute atomic E-state index is 13.7. The molecule has 1 aliphatic rings. The Kier molecular flexibility index (Phi) is 3.81. The van der Waals surface area contributed by atoms with Crippen LogP contribution in [0.5, 0.6) is 0 Å². The van der Waals surface area contributed by atoms with Gasteiger partial charge in [-0.2, -0.15) is 14.9 Å². The smallest absolute Gasteiger partial charge is 0.245 e. The third-order valence-corrected chi connectivity index (χ3v) is 4.19. The lowest BCUT2D eigenvalue weighted by Gasteiger charge is -2.23. The molecule has 112 valence electrons. The van der Waals surface area contributed by atoms with Gasteiger partial charge in [-0.15, -0.1) is 0 Å². The highest BCUT2D eigenvalue weighted by molar-refractivity contribution is 9.10. The van der Waals surface area contributed by atoms with Gasteiger partial charge in [0.2, 0.25) is 12.3 Å². The molecule has 0 aliphatic carbocycles. The molecule has 2 aromatic rings. The number of alkyl halides is 1. The first kappa shape index (κ1) is 15.1. The molecule has 0 spiro atoms. The average molecular weight is 373 g/mol. The van der Waals surface area contributed by atoms with Gasteiger partial charge in [0.1, 0.15) is 12.1 Å². The van der Waals surface area contributed by atoms with Gasteiger partial charge in [-0.05, 0) is 21.5 Å². The van der Waals surface area contributed by atoms with E-state index in [4.69, 9.17) is 0 Å². The number of aliphatic imine (C=N–C) groups is 1. The minimum Gasteiger partial charge on any atom is -0.346 e. The molecular weight excluding hydrogens is 366 g/mol. The Morgan fingerprint density at radius 2 is 1.78 bits per heavy atom. The Morgan fingerprint density at radius 3 is 2.39 bits per heavy atom. The molecule has 1 unspecified atom stereocenters. The lowest BCUT2D eigenvalue weighted by molar-refractivity contribution is 0.434. The highest BCUT2D eigenvalue weighted by atomic mass is 79.9. The topological polar surface area (TPSA) is 72.0 Å². The first-order valence-corrected chi connectivity index (χ1v) is 7.27. The van der Waals surface area contributed by atoms with Crippen molar-refractivity contribution in [3.8, 4) is 23.3 Å². The summed E-state index contributed by atoms with van der Waals surface area (Å²) in [6.07, 6.45) is -2.10. The molecule has 1 atom stereocenters. The molecule has 0 saturated carbocycles. The summed E-state index contributed by atoms with van der Waals surface area (Å²) in [5.74, 6) is -1.23. The van der Waals surface area contributed by atoms with Crippen molar-refractivity contribution in [2.45, 2.75) is 6.30 Å². The Hall–Kier alpha value is -2.77. The fourth-order valence-electron chi connectivity index (χ4n) is 2.40. The largest absolute Gasteiger partial charge is 0.346 e. The van der Waals surface area contributed by atoms with Crippen molar-refractivity contribution in [2.24, 2.45) is 4.99 Å². The summed E-state index contributed by atoms with van der Waals surface area (Å²) in [4.78, 5) is 3.67. The van der Waals surface area contributed by atoms with Gasteiger partial charge < -0.3 is 5.32 Å². The van der Waals surface area contributed by atoms with Crippen LogP contribution in [0.15, 0.2) is 39.8 Å². The van der Waals surface area contributed by atoms with E-state index in [0.717, 1.165) is 0 Å². The third kappa shape index (κ3) is 2.36. The second-order valence-electron chi connectivity index (χ2n) is 4.69. The first-order valence-electron chi connectivity index (χ1n) is 6.48. The molecule has 0 bridgehead atoms. The van der Waals surface area contributed by atoms with Crippen molar-refractivity contribution >= 4 is 33.3 Å². The fraction of sp³-hybridized carbons (Fsp3) is 0.0625. The summed E-state index contributed by atoms with van der Waals surface area (Å²) in [6.45, 7) is 0. The van der Waals surface area contributed by atoms with E-state index in [-0.39, 0.29) is 32.5 Å². The van der Waals surface area contributed by atoms with Gasteiger partial charge in [0, 0.05) is 5.56 Å². The van der Waals surface area contributed by atoms with Crippen LogP contribution in [0.2, 0.25) is 0 Å². The van der Waals surface area contributed by atoms with Crippen LogP contribution in [-0.4, -0.2) is 12.3 Å². The van der Waals surface area contributed by atoms with E-state index in [1.807, 2.05) is 12.1 Å². The van der Waals surface area contributed by atoms with Gasteiger partial charge >= 0.3 is 0 Å². The van der Waals surface area contributed by atoms with Crippen LogP contribution in [0.4, 0.5) is 20.2 Å². The van der Waals surface area contributed by atoms with Crippen molar-refractivity contribution in [1.82, 2.24) is 0 Å². The van der Waals surface area contributed by atoms with Gasteiger partial charge in [-0.1, -0.05) is 30.3 Å². The lowest BCUT2D eigenvalue weighted by atomic mass is 9.93. The molecule has 4 nitrogen and oxygen atoms in total. The number of hydrogen-bond acceptors (Lipinski definition) is 4. The molecule has 1 N–H and O–H groups in total. The van der Waals surface area contributed by atoms with Crippen molar-refractivity contribution in [3.63, 3.8) is 0 Å². The van der Waals surface area contributed by atoms with E-state index in [0.29, 0.717) is 5.56 Å². The second kappa shape index (κ2) is 5.79. The Balaban J connectivity index is 2.47. The van der Waals surface area contributed by atoms with E-state index in [1.54, 1.807) is 30.3 Å². The normalized spacial score (nSPS) is 15.7. The number of hydrogen-bond donors (Lipinski definition) is 1. The molecule has 1 heterocycles. The van der Waals surface area contributed by atoms with Crippen molar-refractivity contribution in [3.05, 3.63) is 45.9 Å². The van der Waals surface area contributed by atoms with E-state index in [1.165, 1.54) is 0 Å². The number of nitrogens with zero attached hydrogens (tertiary/aromatic N) is 3. The summed E-state index contributed by atoms with van der Waals surface area (Å²) in [5, 5.41) is 21.2. The first-order chi connectivity index (χ1) is 11.1. The predicted octanol–water partition coefficient (Wildman–Crippen LogP) is 4.58. The van der Waals surface area contributed by atoms with Gasteiger partial charge in [-0.3, -0.25) is 0 Å². The average Bonchev–Trinajstić information content (AvgIpc) is 2.57. The van der Waals surface area contributed by atoms with Crippen molar-refractivity contribution in [2.75, 3.05) is 5.32 Å². The summed E-state index contributed by atoms with van der Waals surface area (Å²) >= 11 is 3.18. The standard InChI is InChI=1S/C16H7BrF2N4/c17-12-10(7-21)9(6-20)11(8-4-2-1-3-5-8)13-14(12)23-16(19)15(18)22-13/h1-5,16,23H. The molecule has 23 heavy (non-hydrogen) atoms. The predicted molar refractivity (Wildman–Crippen MR) is 85.7 cm³/mol. The number of benzene rings is 2. The van der Waals surface area contributed by atoms with Crippen LogP contribution >= 0.6 is 15.9 Å². The van der Waals surface area contributed by atoms with Crippen LogP contribution in [-0.2, 0) is 0 Å². The molecule has 0 radical (unpaired) electrons. The Morgan fingerprint density at radius 1 is 1.13 bits per heavy atom. The summed E-state index contributed by atoms with van der Waals surface area (Å²) in [5.41, 5.74) is 1.21. The van der Waals surface area contributed by atoms with E-state index >= 15 is 0 Å². The number of halogens is 3. The molecule has 3 rings (SSSR count). The zero-order valence-electron chi connectivity index (χ0n) is 11.4. The van der Waals surface area contributed by atoms with Gasteiger partial charge in [-0.25, -0.2) is 9.38 Å². The maximum Gasteiger partial charge on any atom is 0.245 e. The van der Waals surface area contributed by atoms with Gasteiger partial charge in [0.25, 0.3) is 0 Å². The van der Waals surface area contributed by atoms with Gasteiger partial charge in [0.15, 0.2) is 0 Å². The molecule has 2 aromatic carbocycles. The fourth-order valence-corrected chi connectivity index (χ4v) is 2.99. The van der Waals surface area contributed by atoms with Crippen LogP contribution in [0.3, 0.4) is 0 Å². The highest BCUT2D eigenvalue weighted by Gasteiger charge is 2.30. The number of rotatable bonds is 1. The lowest BCUT2D eigenvalue weighted by Crippen LogP contribution is -2.25. The minimum atomic E-state index is -2.10. The molecule has 0 fully saturated rings. The molecule has 0 aromatic heterocycles. The van der Waals surface area contributed by atoms with Crippen LogP contribution in [0.25, 0.3) is 11.1 Å². The second-order valence-corrected chi connectivity index (χ2v) is 5.49. The number of nitrogens with one attached hydrogen (secondary N) is 1. The van der Waals surface area contributed by atoms with Gasteiger partial charge in [0.05, 0.1) is 27.0 Å². The van der Waals surface area contributed by atoms with Crippen LogP contribution in [0, 0.1) is 22.7 Å². The van der Waals surface area contributed by atoms with E-state index in [9.17, 15) is 19.3 Å². The van der Waals surface area contributed by atoms with Crippen LogP contribution < -0.4 is 5.32 Å². The van der Waals surface area contributed by atoms with Crippen molar-refractivity contribution < 1.29 is 8.78 Å². The molecule has 7 heteroatoms. The molecule has 0 amide bonds. The van der Waals surface area contributed by atoms with Crippen molar-refractivity contribution in [1.29, 1.82) is 10.5 Å². The van der Waals surface area contributed by atoms with E-state index in [2.05, 4.69) is 26.2 Å². The maximum atomic E-state index is 13.7. The zero-order chi connectivity index (χ0) is 16.6. The Bertz CT molecular complexity index is 911. The Labute approximate surface area is 138 Å². The quantitative estimate of drug-likeness (QED) is 0.744. The third-order valence-electron chi connectivity index (χ3n) is 3.40. The molecule has 1 aliphatic heterocycles. The monoisotopic (exact) mass is 372 g/mol. The van der Waals surface area contributed by atoms with Crippen LogP contribution in [0.1, 0.15) is 11.1 Å². The van der Waals surface area contributed by atoms with E-state index < -0.39 is 12.3 Å². The summed E-state index contributed by atoms with van der Waals surface area (Å²) in [6, 6.07) is 12.6. The number of anilines is 1. The number of nitriles is 2. The summed E-state index contributed by atoms with van der Waals surface area (Å²) < 4.78 is 27.4. The highest BCUT2D eigenvalue weighted by Crippen LogP contribution is 2.48. The molecule has 0 saturated heterocycles. The number of fused-ring (bicyclic) bond motifs is 1.